The van der Waals surface area contributed by atoms with E-state index >= 15 is 0 Å². The summed E-state index contributed by atoms with van der Waals surface area (Å²) in [5.74, 6) is -1.09. The van der Waals surface area contributed by atoms with Gasteiger partial charge >= 0.3 is 11.9 Å². The van der Waals surface area contributed by atoms with E-state index in [0.717, 1.165) is 4.68 Å². The van der Waals surface area contributed by atoms with E-state index in [9.17, 15) is 14.4 Å². The zero-order valence-corrected chi connectivity index (χ0v) is 15.4. The highest BCUT2D eigenvalue weighted by atomic mass is 16.5. The molecule has 0 saturated heterocycles. The van der Waals surface area contributed by atoms with E-state index in [4.69, 9.17) is 9.47 Å². The first-order valence-electron chi connectivity index (χ1n) is 8.73. The minimum Gasteiger partial charge on any atom is -0.465 e. The Bertz CT molecular complexity index is 1290. The number of methoxy groups -OCH3 is 1. The Labute approximate surface area is 164 Å². The van der Waals surface area contributed by atoms with Gasteiger partial charge in [0, 0.05) is 17.1 Å². The van der Waals surface area contributed by atoms with Gasteiger partial charge < -0.3 is 14.0 Å². The van der Waals surface area contributed by atoms with Crippen LogP contribution in [0.1, 0.15) is 10.4 Å². The Morgan fingerprint density at radius 3 is 2.55 bits per heavy atom. The summed E-state index contributed by atoms with van der Waals surface area (Å²) in [4.78, 5) is 36.7. The van der Waals surface area contributed by atoms with E-state index in [0.29, 0.717) is 27.4 Å². The van der Waals surface area contributed by atoms with Crippen LogP contribution in [0.3, 0.4) is 0 Å². The topological polar surface area (TPSA) is 105 Å². The summed E-state index contributed by atoms with van der Waals surface area (Å²) in [6.07, 6.45) is 1.54. The molecule has 0 aliphatic carbocycles. The van der Waals surface area contributed by atoms with Crippen molar-refractivity contribution >= 4 is 33.7 Å². The standard InChI is InChI=1S/C20H16N4O5/c1-28-20(27)15-10-23(17-9-5-3-6-13(15)17)11-18(25)29-12-24-19(26)14-7-2-4-8-16(14)21-22-24/h2-10H,11-12H2,1H3. The third-order valence-electron chi connectivity index (χ3n) is 4.47. The van der Waals surface area contributed by atoms with Crippen LogP contribution in [0.25, 0.3) is 21.8 Å². The summed E-state index contributed by atoms with van der Waals surface area (Å²) in [5.41, 5.74) is 1.11. The molecule has 2 aromatic heterocycles. The molecule has 0 bridgehead atoms. The van der Waals surface area contributed by atoms with Gasteiger partial charge in [0.15, 0.2) is 6.73 Å². The van der Waals surface area contributed by atoms with Crippen LogP contribution in [0, 0.1) is 0 Å². The number of esters is 2. The molecule has 9 nitrogen and oxygen atoms in total. The molecule has 0 N–H and O–H groups in total. The van der Waals surface area contributed by atoms with E-state index in [1.807, 2.05) is 0 Å². The van der Waals surface area contributed by atoms with Crippen molar-refractivity contribution in [2.75, 3.05) is 7.11 Å². The zero-order valence-electron chi connectivity index (χ0n) is 15.4. The van der Waals surface area contributed by atoms with Crippen LogP contribution in [0.4, 0.5) is 0 Å². The van der Waals surface area contributed by atoms with Crippen molar-refractivity contribution in [2.45, 2.75) is 13.3 Å². The largest absolute Gasteiger partial charge is 0.465 e. The summed E-state index contributed by atoms with van der Waals surface area (Å²) in [5, 5.41) is 8.78. The van der Waals surface area contributed by atoms with Gasteiger partial charge in [-0.2, -0.15) is 4.68 Å². The Morgan fingerprint density at radius 2 is 1.76 bits per heavy atom. The number of aromatic nitrogens is 4. The van der Waals surface area contributed by atoms with Crippen LogP contribution < -0.4 is 5.56 Å². The highest BCUT2D eigenvalue weighted by molar-refractivity contribution is 6.04. The van der Waals surface area contributed by atoms with Crippen LogP contribution in [0.2, 0.25) is 0 Å². The van der Waals surface area contributed by atoms with Crippen molar-refractivity contribution in [2.24, 2.45) is 0 Å². The smallest absolute Gasteiger partial charge is 0.340 e. The Kier molecular flexibility index (Phi) is 4.78. The molecule has 4 aromatic rings. The highest BCUT2D eigenvalue weighted by Crippen LogP contribution is 2.22. The Balaban J connectivity index is 1.53. The minimum absolute atomic E-state index is 0.146. The maximum Gasteiger partial charge on any atom is 0.340 e. The number of carbonyl (C=O) groups is 2. The van der Waals surface area contributed by atoms with Gasteiger partial charge in [0.1, 0.15) is 12.1 Å². The van der Waals surface area contributed by atoms with Crippen molar-refractivity contribution in [3.05, 3.63) is 70.6 Å². The quantitative estimate of drug-likeness (QED) is 0.476. The minimum atomic E-state index is -0.593. The number of rotatable bonds is 5. The van der Waals surface area contributed by atoms with Crippen LogP contribution in [-0.2, 0) is 27.5 Å². The third-order valence-corrected chi connectivity index (χ3v) is 4.47. The third kappa shape index (κ3) is 3.45. The van der Waals surface area contributed by atoms with Gasteiger partial charge in [0.2, 0.25) is 0 Å². The summed E-state index contributed by atoms with van der Waals surface area (Å²) in [7, 11) is 1.30. The lowest BCUT2D eigenvalue weighted by Crippen LogP contribution is -2.27. The molecule has 0 unspecified atom stereocenters. The molecule has 9 heteroatoms. The van der Waals surface area contributed by atoms with Gasteiger partial charge in [-0.05, 0) is 18.2 Å². The zero-order chi connectivity index (χ0) is 20.4. The van der Waals surface area contributed by atoms with E-state index < -0.39 is 17.5 Å². The summed E-state index contributed by atoms with van der Waals surface area (Å²) < 4.78 is 12.6. The molecule has 0 fully saturated rings. The van der Waals surface area contributed by atoms with E-state index in [1.54, 1.807) is 59.3 Å². The van der Waals surface area contributed by atoms with Crippen LogP contribution in [-0.4, -0.2) is 38.6 Å². The SMILES string of the molecule is COC(=O)c1cn(CC(=O)OCn2nnc3ccccc3c2=O)c2ccccc12. The molecule has 0 spiro atoms. The monoisotopic (exact) mass is 392 g/mol. The fourth-order valence-electron chi connectivity index (χ4n) is 3.08. The first-order valence-corrected chi connectivity index (χ1v) is 8.73. The number of hydrogen-bond donors (Lipinski definition) is 0. The molecule has 0 aliphatic rings. The predicted molar refractivity (Wildman–Crippen MR) is 103 cm³/mol. The molecule has 146 valence electrons. The molecule has 0 radical (unpaired) electrons. The molecule has 0 aliphatic heterocycles. The second kappa shape index (κ2) is 7.55. The van der Waals surface area contributed by atoms with Crippen molar-refractivity contribution in [3.63, 3.8) is 0 Å². The summed E-state index contributed by atoms with van der Waals surface area (Å²) in [6.45, 7) is -0.508. The Hall–Kier alpha value is -4.01. The van der Waals surface area contributed by atoms with Gasteiger partial charge in [-0.3, -0.25) is 9.59 Å². The molecule has 2 heterocycles. The van der Waals surface area contributed by atoms with Crippen molar-refractivity contribution < 1.29 is 19.1 Å². The maximum absolute atomic E-state index is 12.4. The lowest BCUT2D eigenvalue weighted by atomic mass is 10.2. The number of fused-ring (bicyclic) bond motifs is 2. The van der Waals surface area contributed by atoms with Gasteiger partial charge in [0.05, 0.1) is 18.1 Å². The number of para-hydroxylation sites is 1. The van der Waals surface area contributed by atoms with Gasteiger partial charge in [-0.1, -0.05) is 35.5 Å². The highest BCUT2D eigenvalue weighted by Gasteiger charge is 2.17. The van der Waals surface area contributed by atoms with Crippen molar-refractivity contribution in [1.82, 2.24) is 19.6 Å². The molecule has 2 aromatic carbocycles. The number of carbonyl (C=O) groups excluding carboxylic acids is 2. The number of ether oxygens (including phenoxy) is 2. The van der Waals surface area contributed by atoms with E-state index in [-0.39, 0.29) is 13.3 Å². The lowest BCUT2D eigenvalue weighted by molar-refractivity contribution is -0.148. The average molecular weight is 392 g/mol. The van der Waals surface area contributed by atoms with Crippen molar-refractivity contribution in [3.8, 4) is 0 Å². The van der Waals surface area contributed by atoms with E-state index in [2.05, 4.69) is 10.3 Å². The van der Waals surface area contributed by atoms with Gasteiger partial charge in [-0.15, -0.1) is 5.10 Å². The molecule has 0 saturated carbocycles. The van der Waals surface area contributed by atoms with Crippen LogP contribution in [0.5, 0.6) is 0 Å². The van der Waals surface area contributed by atoms with Crippen LogP contribution >= 0.6 is 0 Å². The Morgan fingerprint density at radius 1 is 1.03 bits per heavy atom. The lowest BCUT2D eigenvalue weighted by Gasteiger charge is -2.08. The summed E-state index contributed by atoms with van der Waals surface area (Å²) >= 11 is 0. The molecule has 4 rings (SSSR count). The van der Waals surface area contributed by atoms with Gasteiger partial charge in [0.25, 0.3) is 5.56 Å². The summed E-state index contributed by atoms with van der Waals surface area (Å²) in [6, 6.07) is 13.9. The molecular weight excluding hydrogens is 376 g/mol. The average Bonchev–Trinajstić information content (AvgIpc) is 3.11. The fraction of sp³-hybridized carbons (Fsp3) is 0.150. The van der Waals surface area contributed by atoms with E-state index in [1.165, 1.54) is 7.11 Å². The second-order valence-electron chi connectivity index (χ2n) is 6.24. The van der Waals surface area contributed by atoms with Gasteiger partial charge in [-0.25, -0.2) is 4.79 Å². The normalized spacial score (nSPS) is 10.9. The molecule has 29 heavy (non-hydrogen) atoms. The van der Waals surface area contributed by atoms with Crippen molar-refractivity contribution in [1.29, 1.82) is 0 Å². The first-order chi connectivity index (χ1) is 14.1. The first kappa shape index (κ1) is 18.4. The number of nitrogens with zero attached hydrogens (tertiary/aromatic N) is 4. The molecular formula is C20H16N4O5. The maximum atomic E-state index is 12.4. The molecule has 0 atom stereocenters. The predicted octanol–water partition coefficient (Wildman–Crippen LogP) is 1.73. The molecule has 0 amide bonds. The number of benzene rings is 2. The van der Waals surface area contributed by atoms with Crippen LogP contribution in [0.15, 0.2) is 59.5 Å². The fourth-order valence-corrected chi connectivity index (χ4v) is 3.08. The number of hydrogen-bond acceptors (Lipinski definition) is 7. The second-order valence-corrected chi connectivity index (χ2v) is 6.24.